The third-order valence-electron chi connectivity index (χ3n) is 2.86. The van der Waals surface area contributed by atoms with Gasteiger partial charge < -0.3 is 10.4 Å². The van der Waals surface area contributed by atoms with Crippen molar-refractivity contribution in [2.24, 2.45) is 4.99 Å². The molecule has 0 radical (unpaired) electrons. The number of hydrogen-bond acceptors (Lipinski definition) is 5. The van der Waals surface area contributed by atoms with Gasteiger partial charge in [0.15, 0.2) is 5.82 Å². The van der Waals surface area contributed by atoms with E-state index in [1.165, 1.54) is 41.8 Å². The normalized spacial score (nSPS) is 20.9. The molecule has 2 N–H and O–H groups in total. The van der Waals surface area contributed by atoms with E-state index in [0.29, 0.717) is 5.69 Å². The van der Waals surface area contributed by atoms with Crippen molar-refractivity contribution < 1.29 is 9.50 Å². The van der Waals surface area contributed by atoms with Crippen LogP contribution in [-0.4, -0.2) is 26.4 Å². The zero-order valence-electron chi connectivity index (χ0n) is 10.0. The molecular formula is C12H9ClFN5O. The largest absolute Gasteiger partial charge is 0.362 e. The average Bonchev–Trinajstić information content (AvgIpc) is 2.96. The van der Waals surface area contributed by atoms with Crippen LogP contribution in [0.25, 0.3) is 5.69 Å². The van der Waals surface area contributed by atoms with E-state index in [2.05, 4.69) is 20.6 Å². The molecule has 1 aromatic carbocycles. The standard InChI is InChI=1S/C12H9ClFN5O/c13-8-1-2-9(19-6-5-17-18-19)10(11(8)14)12(20)3-4-15-7-16-12/h1-7,20H,(H,15,16). The predicted molar refractivity (Wildman–Crippen MR) is 71.0 cm³/mol. The molecule has 1 aliphatic heterocycles. The molecule has 0 spiro atoms. The minimum absolute atomic E-state index is 0.0931. The van der Waals surface area contributed by atoms with Crippen molar-refractivity contribution in [3.8, 4) is 5.69 Å². The molecule has 1 unspecified atom stereocenters. The van der Waals surface area contributed by atoms with Gasteiger partial charge in [-0.3, -0.25) is 0 Å². The van der Waals surface area contributed by atoms with Crippen LogP contribution in [0.15, 0.2) is 41.8 Å². The molecule has 1 aromatic heterocycles. The SMILES string of the molecule is OC1(c2c(-n3ccnn3)ccc(Cl)c2F)C=CNC=N1. The maximum Gasteiger partial charge on any atom is 0.210 e. The Balaban J connectivity index is 2.28. The van der Waals surface area contributed by atoms with Gasteiger partial charge in [0.25, 0.3) is 0 Å². The Labute approximate surface area is 118 Å². The molecule has 1 atom stereocenters. The van der Waals surface area contributed by atoms with Crippen LogP contribution in [0.1, 0.15) is 5.56 Å². The fourth-order valence-corrected chi connectivity index (χ4v) is 2.11. The number of nitrogens with zero attached hydrogens (tertiary/aromatic N) is 4. The highest BCUT2D eigenvalue weighted by Gasteiger charge is 2.34. The van der Waals surface area contributed by atoms with Crippen LogP contribution in [0.2, 0.25) is 5.02 Å². The molecule has 2 heterocycles. The Hall–Kier alpha value is -2.25. The van der Waals surface area contributed by atoms with Gasteiger partial charge in [0.2, 0.25) is 5.72 Å². The quantitative estimate of drug-likeness (QED) is 0.876. The van der Waals surface area contributed by atoms with Crippen molar-refractivity contribution >= 4 is 17.9 Å². The zero-order chi connectivity index (χ0) is 14.2. The summed E-state index contributed by atoms with van der Waals surface area (Å²) in [7, 11) is 0. The van der Waals surface area contributed by atoms with Crippen LogP contribution < -0.4 is 5.32 Å². The number of hydrogen-bond donors (Lipinski definition) is 2. The summed E-state index contributed by atoms with van der Waals surface area (Å²) >= 11 is 5.81. The Morgan fingerprint density at radius 1 is 1.40 bits per heavy atom. The van der Waals surface area contributed by atoms with E-state index in [1.807, 2.05) is 0 Å². The predicted octanol–water partition coefficient (Wildman–Crippen LogP) is 1.35. The van der Waals surface area contributed by atoms with Gasteiger partial charge in [-0.05, 0) is 18.2 Å². The highest BCUT2D eigenvalue weighted by molar-refractivity contribution is 6.30. The maximum absolute atomic E-state index is 14.4. The van der Waals surface area contributed by atoms with Gasteiger partial charge in [0.05, 0.1) is 35.0 Å². The summed E-state index contributed by atoms with van der Waals surface area (Å²) in [5, 5.41) is 20.6. The first kappa shape index (κ1) is 12.8. The van der Waals surface area contributed by atoms with Crippen LogP contribution in [0.4, 0.5) is 4.39 Å². The molecule has 3 rings (SSSR count). The zero-order valence-corrected chi connectivity index (χ0v) is 10.8. The molecular weight excluding hydrogens is 285 g/mol. The van der Waals surface area contributed by atoms with Crippen molar-refractivity contribution in [3.63, 3.8) is 0 Å². The molecule has 0 bridgehead atoms. The second kappa shape index (κ2) is 4.69. The summed E-state index contributed by atoms with van der Waals surface area (Å²) in [4.78, 5) is 3.88. The first-order chi connectivity index (χ1) is 9.62. The number of halogens is 2. The van der Waals surface area contributed by atoms with E-state index in [0.717, 1.165) is 0 Å². The minimum atomic E-state index is -1.86. The Morgan fingerprint density at radius 3 is 2.90 bits per heavy atom. The highest BCUT2D eigenvalue weighted by Crippen LogP contribution is 2.35. The molecule has 0 amide bonds. The molecule has 20 heavy (non-hydrogen) atoms. The van der Waals surface area contributed by atoms with Crippen LogP contribution in [0.3, 0.4) is 0 Å². The van der Waals surface area contributed by atoms with Crippen molar-refractivity contribution in [2.75, 3.05) is 0 Å². The smallest absolute Gasteiger partial charge is 0.210 e. The van der Waals surface area contributed by atoms with Gasteiger partial charge >= 0.3 is 0 Å². The van der Waals surface area contributed by atoms with Crippen LogP contribution in [0.5, 0.6) is 0 Å². The van der Waals surface area contributed by atoms with Gasteiger partial charge in [-0.1, -0.05) is 16.8 Å². The van der Waals surface area contributed by atoms with Crippen LogP contribution in [-0.2, 0) is 5.72 Å². The molecule has 6 nitrogen and oxygen atoms in total. The van der Waals surface area contributed by atoms with Gasteiger partial charge in [0, 0.05) is 6.20 Å². The topological polar surface area (TPSA) is 75.3 Å². The molecule has 0 saturated carbocycles. The van der Waals surface area contributed by atoms with Crippen LogP contribution in [0, 0.1) is 5.82 Å². The molecule has 1 aliphatic rings. The second-order valence-electron chi connectivity index (χ2n) is 4.09. The lowest BCUT2D eigenvalue weighted by Crippen LogP contribution is -2.29. The summed E-state index contributed by atoms with van der Waals surface area (Å²) in [5.41, 5.74) is -1.65. The van der Waals surface area contributed by atoms with Crippen molar-refractivity contribution in [3.05, 3.63) is 53.2 Å². The maximum atomic E-state index is 14.4. The molecule has 2 aromatic rings. The number of aromatic nitrogens is 3. The first-order valence-electron chi connectivity index (χ1n) is 5.67. The third kappa shape index (κ3) is 1.97. The lowest BCUT2D eigenvalue weighted by Gasteiger charge is -2.25. The van der Waals surface area contributed by atoms with E-state index in [1.54, 1.807) is 6.07 Å². The first-order valence-corrected chi connectivity index (χ1v) is 6.04. The summed E-state index contributed by atoms with van der Waals surface area (Å²) in [5.74, 6) is -0.758. The molecule has 102 valence electrons. The second-order valence-corrected chi connectivity index (χ2v) is 4.49. The number of aliphatic imine (C=N–C) groups is 1. The Bertz CT molecular complexity index is 686. The van der Waals surface area contributed by atoms with Gasteiger partial charge in [-0.2, -0.15) is 0 Å². The fourth-order valence-electron chi connectivity index (χ4n) is 1.95. The summed E-state index contributed by atoms with van der Waals surface area (Å²) in [6, 6.07) is 2.92. The Kier molecular flexibility index (Phi) is 3.00. The lowest BCUT2D eigenvalue weighted by molar-refractivity contribution is 0.0940. The minimum Gasteiger partial charge on any atom is -0.362 e. The van der Waals surface area contributed by atoms with E-state index < -0.39 is 11.5 Å². The van der Waals surface area contributed by atoms with Gasteiger partial charge in [-0.25, -0.2) is 14.1 Å². The summed E-state index contributed by atoms with van der Waals surface area (Å²) < 4.78 is 15.7. The monoisotopic (exact) mass is 293 g/mol. The van der Waals surface area contributed by atoms with E-state index in [-0.39, 0.29) is 10.6 Å². The molecule has 0 fully saturated rings. The van der Waals surface area contributed by atoms with Gasteiger partial charge in [0.1, 0.15) is 0 Å². The van der Waals surface area contributed by atoms with Crippen molar-refractivity contribution in [1.82, 2.24) is 20.3 Å². The highest BCUT2D eigenvalue weighted by atomic mass is 35.5. The van der Waals surface area contributed by atoms with E-state index in [9.17, 15) is 9.50 Å². The summed E-state index contributed by atoms with van der Waals surface area (Å²) in [6.07, 6.45) is 7.03. The van der Waals surface area contributed by atoms with Crippen molar-refractivity contribution in [1.29, 1.82) is 0 Å². The van der Waals surface area contributed by atoms with Crippen molar-refractivity contribution in [2.45, 2.75) is 5.72 Å². The average molecular weight is 294 g/mol. The number of nitrogens with one attached hydrogen (secondary N) is 1. The molecule has 0 aliphatic carbocycles. The third-order valence-corrected chi connectivity index (χ3v) is 3.15. The lowest BCUT2D eigenvalue weighted by atomic mass is 9.99. The van der Waals surface area contributed by atoms with E-state index in [4.69, 9.17) is 11.6 Å². The fraction of sp³-hybridized carbons (Fsp3) is 0.0833. The Morgan fingerprint density at radius 2 is 2.25 bits per heavy atom. The molecule has 0 saturated heterocycles. The number of benzene rings is 1. The van der Waals surface area contributed by atoms with Gasteiger partial charge in [-0.15, -0.1) is 5.10 Å². The number of aliphatic hydroxyl groups is 1. The molecule has 8 heteroatoms. The number of rotatable bonds is 2. The summed E-state index contributed by atoms with van der Waals surface area (Å²) in [6.45, 7) is 0. The van der Waals surface area contributed by atoms with E-state index >= 15 is 0 Å². The van der Waals surface area contributed by atoms with Crippen LogP contribution >= 0.6 is 11.6 Å².